The third-order valence-corrected chi connectivity index (χ3v) is 3.29. The third-order valence-electron chi connectivity index (χ3n) is 3.29. The molecule has 0 aliphatic carbocycles. The summed E-state index contributed by atoms with van der Waals surface area (Å²) in [5, 5.41) is 2.86. The lowest BCUT2D eigenvalue weighted by Crippen LogP contribution is -2.25. The van der Waals surface area contributed by atoms with Gasteiger partial charge in [0.1, 0.15) is 5.82 Å². The highest BCUT2D eigenvalue weighted by Crippen LogP contribution is 2.07. The van der Waals surface area contributed by atoms with Gasteiger partial charge < -0.3 is 9.72 Å². The average molecular weight is 283 g/mol. The second kappa shape index (κ2) is 5.75. The molecule has 1 aromatic carbocycles. The first-order chi connectivity index (χ1) is 10.2. The largest absolute Gasteiger partial charge is 0.352 e. The summed E-state index contributed by atoms with van der Waals surface area (Å²) in [7, 11) is 0. The Morgan fingerprint density at radius 2 is 2.05 bits per heavy atom. The predicted octanol–water partition coefficient (Wildman–Crippen LogP) is 2.45. The molecule has 0 fully saturated rings. The molecule has 0 aliphatic heterocycles. The number of rotatable bonds is 4. The fraction of sp³-hybridized carbons (Fsp3) is 0.125. The summed E-state index contributed by atoms with van der Waals surface area (Å²) in [5.41, 5.74) is 2.46. The summed E-state index contributed by atoms with van der Waals surface area (Å²) in [6.45, 7) is 0.509. The van der Waals surface area contributed by atoms with E-state index in [1.807, 2.05) is 4.40 Å². The van der Waals surface area contributed by atoms with Crippen LogP contribution in [0.4, 0.5) is 4.39 Å². The van der Waals surface area contributed by atoms with Crippen molar-refractivity contribution in [1.29, 1.82) is 0 Å². The Balaban J connectivity index is 1.59. The van der Waals surface area contributed by atoms with Crippen molar-refractivity contribution in [2.24, 2.45) is 0 Å². The lowest BCUT2D eigenvalue weighted by atomic mass is 10.1. The third kappa shape index (κ3) is 3.08. The quantitative estimate of drug-likeness (QED) is 0.799. The predicted molar refractivity (Wildman–Crippen MR) is 77.6 cm³/mol. The average Bonchev–Trinajstić information content (AvgIpc) is 2.96. The molecule has 0 spiro atoms. The van der Waals surface area contributed by atoms with E-state index in [1.54, 1.807) is 43.0 Å². The van der Waals surface area contributed by atoms with Crippen molar-refractivity contribution in [2.45, 2.75) is 6.42 Å². The highest BCUT2D eigenvalue weighted by Gasteiger charge is 2.06. The molecule has 0 saturated carbocycles. The summed E-state index contributed by atoms with van der Waals surface area (Å²) in [4.78, 5) is 16.1. The molecule has 1 amide bonds. The Labute approximate surface area is 121 Å². The number of halogens is 1. The molecule has 0 atom stereocenters. The molecule has 106 valence electrons. The number of carbonyl (C=O) groups is 1. The Bertz CT molecular complexity index is 765. The Kier molecular flexibility index (Phi) is 3.64. The van der Waals surface area contributed by atoms with Crippen molar-refractivity contribution >= 4 is 11.4 Å². The number of amides is 1. The van der Waals surface area contributed by atoms with Gasteiger partial charge in [0.15, 0.2) is 0 Å². The van der Waals surface area contributed by atoms with E-state index in [2.05, 4.69) is 10.3 Å². The maximum atomic E-state index is 12.8. The summed E-state index contributed by atoms with van der Waals surface area (Å²) >= 11 is 0. The number of aromatic nitrogens is 2. The van der Waals surface area contributed by atoms with Gasteiger partial charge in [0, 0.05) is 18.3 Å². The van der Waals surface area contributed by atoms with Crippen LogP contribution >= 0.6 is 0 Å². The maximum Gasteiger partial charge on any atom is 0.251 e. The summed E-state index contributed by atoms with van der Waals surface area (Å²) < 4.78 is 14.6. The van der Waals surface area contributed by atoms with E-state index in [0.29, 0.717) is 18.5 Å². The smallest absolute Gasteiger partial charge is 0.251 e. The lowest BCUT2D eigenvalue weighted by molar-refractivity contribution is 0.0954. The van der Waals surface area contributed by atoms with E-state index in [9.17, 15) is 9.18 Å². The summed E-state index contributed by atoms with van der Waals surface area (Å²) in [6, 6.07) is 9.83. The van der Waals surface area contributed by atoms with Gasteiger partial charge in [-0.3, -0.25) is 4.79 Å². The van der Waals surface area contributed by atoms with Crippen molar-refractivity contribution in [3.63, 3.8) is 0 Å². The van der Waals surface area contributed by atoms with Gasteiger partial charge in [0.2, 0.25) is 0 Å². The molecular weight excluding hydrogens is 269 g/mol. The molecule has 4 nitrogen and oxygen atoms in total. The SMILES string of the molecule is O=C(NCCc1ccc(F)cc1)c1ccn2cncc2c1. The minimum absolute atomic E-state index is 0.124. The van der Waals surface area contributed by atoms with Crippen molar-refractivity contribution in [3.05, 3.63) is 72.1 Å². The Morgan fingerprint density at radius 1 is 1.24 bits per heavy atom. The monoisotopic (exact) mass is 283 g/mol. The zero-order valence-electron chi connectivity index (χ0n) is 11.3. The van der Waals surface area contributed by atoms with Gasteiger partial charge in [-0.25, -0.2) is 9.37 Å². The van der Waals surface area contributed by atoms with Crippen molar-refractivity contribution in [2.75, 3.05) is 6.54 Å². The van der Waals surface area contributed by atoms with Crippen LogP contribution in [0.5, 0.6) is 0 Å². The minimum atomic E-state index is -0.253. The van der Waals surface area contributed by atoms with E-state index in [0.717, 1.165) is 11.1 Å². The van der Waals surface area contributed by atoms with Crippen LogP contribution in [0.3, 0.4) is 0 Å². The van der Waals surface area contributed by atoms with Crippen LogP contribution in [0.15, 0.2) is 55.1 Å². The lowest BCUT2D eigenvalue weighted by Gasteiger charge is -2.06. The van der Waals surface area contributed by atoms with Gasteiger partial charge in [-0.1, -0.05) is 12.1 Å². The van der Waals surface area contributed by atoms with E-state index < -0.39 is 0 Å². The normalized spacial score (nSPS) is 10.7. The molecule has 0 radical (unpaired) electrons. The first-order valence-corrected chi connectivity index (χ1v) is 6.67. The van der Waals surface area contributed by atoms with Gasteiger partial charge in [0.05, 0.1) is 18.0 Å². The van der Waals surface area contributed by atoms with Crippen LogP contribution in [0.2, 0.25) is 0 Å². The van der Waals surface area contributed by atoms with Crippen LogP contribution in [0.25, 0.3) is 5.52 Å². The van der Waals surface area contributed by atoms with Gasteiger partial charge in [-0.05, 0) is 36.2 Å². The fourth-order valence-electron chi connectivity index (χ4n) is 2.13. The molecular formula is C16H14FN3O. The van der Waals surface area contributed by atoms with Crippen LogP contribution < -0.4 is 5.32 Å². The topological polar surface area (TPSA) is 46.4 Å². The van der Waals surface area contributed by atoms with Gasteiger partial charge in [-0.15, -0.1) is 0 Å². The zero-order valence-corrected chi connectivity index (χ0v) is 11.3. The number of imidazole rings is 1. The number of nitrogens with one attached hydrogen (secondary N) is 1. The zero-order chi connectivity index (χ0) is 14.7. The molecule has 0 saturated heterocycles. The molecule has 2 heterocycles. The maximum absolute atomic E-state index is 12.8. The summed E-state index contributed by atoms with van der Waals surface area (Å²) in [5.74, 6) is -0.377. The minimum Gasteiger partial charge on any atom is -0.352 e. The Morgan fingerprint density at radius 3 is 2.86 bits per heavy atom. The van der Waals surface area contributed by atoms with Crippen molar-refractivity contribution in [1.82, 2.24) is 14.7 Å². The van der Waals surface area contributed by atoms with Crippen LogP contribution in [-0.2, 0) is 6.42 Å². The van der Waals surface area contributed by atoms with Crippen molar-refractivity contribution in [3.8, 4) is 0 Å². The molecule has 2 aromatic heterocycles. The number of fused-ring (bicyclic) bond motifs is 1. The molecule has 1 N–H and O–H groups in total. The molecule has 0 bridgehead atoms. The van der Waals surface area contributed by atoms with Crippen molar-refractivity contribution < 1.29 is 9.18 Å². The second-order valence-electron chi connectivity index (χ2n) is 4.77. The number of carbonyl (C=O) groups excluding carboxylic acids is 1. The van der Waals surface area contributed by atoms with Gasteiger partial charge in [-0.2, -0.15) is 0 Å². The van der Waals surface area contributed by atoms with Crippen LogP contribution in [0, 0.1) is 5.82 Å². The molecule has 0 unspecified atom stereocenters. The number of pyridine rings is 1. The number of hydrogen-bond acceptors (Lipinski definition) is 2. The highest BCUT2D eigenvalue weighted by molar-refractivity contribution is 5.95. The van der Waals surface area contributed by atoms with E-state index in [4.69, 9.17) is 0 Å². The highest BCUT2D eigenvalue weighted by atomic mass is 19.1. The molecule has 5 heteroatoms. The van der Waals surface area contributed by atoms with Gasteiger partial charge in [0.25, 0.3) is 5.91 Å². The van der Waals surface area contributed by atoms with E-state index in [1.165, 1.54) is 12.1 Å². The Hall–Kier alpha value is -2.69. The fourth-order valence-corrected chi connectivity index (χ4v) is 2.13. The molecule has 0 aliphatic rings. The summed E-state index contributed by atoms with van der Waals surface area (Å²) in [6.07, 6.45) is 5.86. The van der Waals surface area contributed by atoms with E-state index >= 15 is 0 Å². The van der Waals surface area contributed by atoms with Crippen LogP contribution in [0.1, 0.15) is 15.9 Å². The standard InChI is InChI=1S/C16H14FN3O/c17-14-3-1-12(2-4-14)5-7-19-16(21)13-6-8-20-11-18-10-15(20)9-13/h1-4,6,8-11H,5,7H2,(H,19,21). The molecule has 21 heavy (non-hydrogen) atoms. The van der Waals surface area contributed by atoms with E-state index in [-0.39, 0.29) is 11.7 Å². The number of nitrogens with zero attached hydrogens (tertiary/aromatic N) is 2. The number of benzene rings is 1. The molecule has 3 aromatic rings. The molecule has 3 rings (SSSR count). The first kappa shape index (κ1) is 13.3. The van der Waals surface area contributed by atoms with Crippen LogP contribution in [-0.4, -0.2) is 21.8 Å². The van der Waals surface area contributed by atoms with Gasteiger partial charge >= 0.3 is 0 Å². The first-order valence-electron chi connectivity index (χ1n) is 6.67. The number of hydrogen-bond donors (Lipinski definition) is 1. The second-order valence-corrected chi connectivity index (χ2v) is 4.77.